The highest BCUT2D eigenvalue weighted by molar-refractivity contribution is 5.26. The van der Waals surface area contributed by atoms with Crippen LogP contribution in [0.25, 0.3) is 0 Å². The molecule has 4 nitrogen and oxygen atoms in total. The minimum atomic E-state index is 0.304. The lowest BCUT2D eigenvalue weighted by molar-refractivity contribution is -0.0369. The average molecular weight is 304 g/mol. The van der Waals surface area contributed by atoms with Gasteiger partial charge in [-0.1, -0.05) is 31.4 Å². The van der Waals surface area contributed by atoms with E-state index in [9.17, 15) is 5.11 Å². The Morgan fingerprint density at radius 1 is 1.14 bits per heavy atom. The number of hydrogen-bond acceptors (Lipinski definition) is 4. The average Bonchev–Trinajstić information content (AvgIpc) is 2.57. The summed E-state index contributed by atoms with van der Waals surface area (Å²) >= 11 is 0. The zero-order valence-corrected chi connectivity index (χ0v) is 13.4. The Balaban J connectivity index is 1.60. The van der Waals surface area contributed by atoms with Crippen molar-refractivity contribution in [2.24, 2.45) is 0 Å². The van der Waals surface area contributed by atoms with E-state index in [4.69, 9.17) is 4.74 Å². The summed E-state index contributed by atoms with van der Waals surface area (Å²) in [5, 5.41) is 13.2. The van der Waals surface area contributed by atoms with Crippen molar-refractivity contribution in [3.63, 3.8) is 0 Å². The lowest BCUT2D eigenvalue weighted by Gasteiger charge is -2.48. The van der Waals surface area contributed by atoms with E-state index in [2.05, 4.69) is 16.3 Å². The number of ether oxygens (including phenoxy) is 1. The topological polar surface area (TPSA) is 44.7 Å². The van der Waals surface area contributed by atoms with Gasteiger partial charge >= 0.3 is 0 Å². The van der Waals surface area contributed by atoms with Gasteiger partial charge < -0.3 is 15.2 Å². The van der Waals surface area contributed by atoms with E-state index >= 15 is 0 Å². The molecular formula is C18H28N2O2. The second kappa shape index (κ2) is 7.44. The van der Waals surface area contributed by atoms with Crippen LogP contribution in [0.4, 0.5) is 0 Å². The van der Waals surface area contributed by atoms with Gasteiger partial charge in [0, 0.05) is 31.7 Å². The van der Waals surface area contributed by atoms with Gasteiger partial charge in [0.15, 0.2) is 0 Å². The molecule has 1 aliphatic heterocycles. The van der Waals surface area contributed by atoms with Gasteiger partial charge in [0.2, 0.25) is 0 Å². The summed E-state index contributed by atoms with van der Waals surface area (Å²) in [6, 6.07) is 7.54. The van der Waals surface area contributed by atoms with E-state index in [1.54, 1.807) is 6.07 Å². The van der Waals surface area contributed by atoms with Gasteiger partial charge in [-0.3, -0.25) is 4.90 Å². The highest BCUT2D eigenvalue weighted by Crippen LogP contribution is 2.34. The molecule has 22 heavy (non-hydrogen) atoms. The highest BCUT2D eigenvalue weighted by Gasteiger charge is 2.38. The van der Waals surface area contributed by atoms with Crippen molar-refractivity contribution in [2.45, 2.75) is 44.2 Å². The molecule has 0 spiro atoms. The maximum Gasteiger partial charge on any atom is 0.115 e. The summed E-state index contributed by atoms with van der Waals surface area (Å²) in [6.07, 6.45) is 6.63. The van der Waals surface area contributed by atoms with Crippen LogP contribution >= 0.6 is 0 Å². The molecule has 1 aromatic carbocycles. The van der Waals surface area contributed by atoms with Crippen molar-refractivity contribution >= 4 is 0 Å². The fourth-order valence-electron chi connectivity index (χ4n) is 3.96. The number of phenols is 1. The second-order valence-electron chi connectivity index (χ2n) is 6.66. The Morgan fingerprint density at radius 3 is 2.64 bits per heavy atom. The molecule has 0 atom stereocenters. The normalized spacial score (nSPS) is 22.5. The molecule has 122 valence electrons. The summed E-state index contributed by atoms with van der Waals surface area (Å²) in [7, 11) is 0. The summed E-state index contributed by atoms with van der Waals surface area (Å²) in [6.45, 7) is 5.72. The van der Waals surface area contributed by atoms with Crippen molar-refractivity contribution in [1.29, 1.82) is 0 Å². The number of nitrogens with zero attached hydrogens (tertiary/aromatic N) is 1. The third kappa shape index (κ3) is 3.80. The van der Waals surface area contributed by atoms with Gasteiger partial charge in [0.05, 0.1) is 13.2 Å². The predicted octanol–water partition coefficient (Wildman–Crippen LogP) is 2.52. The van der Waals surface area contributed by atoms with Crippen LogP contribution in [0.2, 0.25) is 0 Å². The number of hydrogen-bond donors (Lipinski definition) is 2. The maximum absolute atomic E-state index is 9.57. The monoisotopic (exact) mass is 304 g/mol. The Hall–Kier alpha value is -1.10. The third-order valence-corrected chi connectivity index (χ3v) is 5.16. The molecule has 4 heteroatoms. The summed E-state index contributed by atoms with van der Waals surface area (Å²) in [5.74, 6) is 0.347. The number of nitrogens with one attached hydrogen (secondary N) is 1. The van der Waals surface area contributed by atoms with E-state index in [0.29, 0.717) is 11.3 Å². The van der Waals surface area contributed by atoms with Crippen LogP contribution in [0.15, 0.2) is 24.3 Å². The van der Waals surface area contributed by atoms with E-state index in [-0.39, 0.29) is 0 Å². The smallest absolute Gasteiger partial charge is 0.115 e. The molecule has 1 saturated heterocycles. The summed E-state index contributed by atoms with van der Waals surface area (Å²) in [5.41, 5.74) is 1.45. The molecule has 1 heterocycles. The SMILES string of the molecule is Oc1cccc(CNCC2(N3CCOCC3)CCCCC2)c1. The first-order chi connectivity index (χ1) is 10.8. The van der Waals surface area contributed by atoms with Crippen molar-refractivity contribution in [1.82, 2.24) is 10.2 Å². The van der Waals surface area contributed by atoms with Crippen LogP contribution in [-0.4, -0.2) is 48.4 Å². The number of aromatic hydroxyl groups is 1. The van der Waals surface area contributed by atoms with Crippen molar-refractivity contribution in [2.75, 3.05) is 32.8 Å². The van der Waals surface area contributed by atoms with Crippen molar-refractivity contribution in [3.05, 3.63) is 29.8 Å². The van der Waals surface area contributed by atoms with Crippen LogP contribution in [0.1, 0.15) is 37.7 Å². The molecule has 0 bridgehead atoms. The second-order valence-corrected chi connectivity index (χ2v) is 6.66. The minimum absolute atomic E-state index is 0.304. The fourth-order valence-corrected chi connectivity index (χ4v) is 3.96. The van der Waals surface area contributed by atoms with Crippen LogP contribution < -0.4 is 5.32 Å². The number of phenolic OH excluding ortho intramolecular Hbond substituents is 1. The Morgan fingerprint density at radius 2 is 1.91 bits per heavy atom. The predicted molar refractivity (Wildman–Crippen MR) is 88.0 cm³/mol. The Labute approximate surface area is 133 Å². The third-order valence-electron chi connectivity index (χ3n) is 5.16. The fraction of sp³-hybridized carbons (Fsp3) is 0.667. The Kier molecular flexibility index (Phi) is 5.34. The molecule has 0 aromatic heterocycles. The minimum Gasteiger partial charge on any atom is -0.508 e. The number of morpholine rings is 1. The molecule has 1 aliphatic carbocycles. The first kappa shape index (κ1) is 15.8. The number of benzene rings is 1. The lowest BCUT2D eigenvalue weighted by atomic mass is 9.79. The molecule has 1 aromatic rings. The van der Waals surface area contributed by atoms with Gasteiger partial charge in [-0.15, -0.1) is 0 Å². The van der Waals surface area contributed by atoms with Crippen LogP contribution in [-0.2, 0) is 11.3 Å². The van der Waals surface area contributed by atoms with E-state index in [0.717, 1.165) is 45.0 Å². The number of rotatable bonds is 5. The molecular weight excluding hydrogens is 276 g/mol. The van der Waals surface area contributed by atoms with Gasteiger partial charge in [-0.2, -0.15) is 0 Å². The first-order valence-corrected chi connectivity index (χ1v) is 8.60. The molecule has 2 fully saturated rings. The zero-order chi connectivity index (χ0) is 15.3. The van der Waals surface area contributed by atoms with Gasteiger partial charge in [0.25, 0.3) is 0 Å². The maximum atomic E-state index is 9.57. The molecule has 2 aliphatic rings. The van der Waals surface area contributed by atoms with E-state index in [1.165, 1.54) is 32.1 Å². The van der Waals surface area contributed by atoms with Crippen LogP contribution in [0, 0.1) is 0 Å². The Bertz CT molecular complexity index is 466. The summed E-state index contributed by atoms with van der Waals surface area (Å²) < 4.78 is 5.53. The molecule has 2 N–H and O–H groups in total. The largest absolute Gasteiger partial charge is 0.508 e. The first-order valence-electron chi connectivity index (χ1n) is 8.60. The van der Waals surface area contributed by atoms with Gasteiger partial charge in [-0.05, 0) is 30.5 Å². The van der Waals surface area contributed by atoms with Crippen LogP contribution in [0.5, 0.6) is 5.75 Å². The van der Waals surface area contributed by atoms with Crippen molar-refractivity contribution < 1.29 is 9.84 Å². The standard InChI is InChI=1S/C18H28N2O2/c21-17-6-4-5-16(13-17)14-19-15-18(7-2-1-3-8-18)20-9-11-22-12-10-20/h4-6,13,19,21H,1-3,7-12,14-15H2. The molecule has 3 rings (SSSR count). The highest BCUT2D eigenvalue weighted by atomic mass is 16.5. The van der Waals surface area contributed by atoms with Gasteiger partial charge in [0.1, 0.15) is 5.75 Å². The van der Waals surface area contributed by atoms with E-state index < -0.39 is 0 Å². The molecule has 1 saturated carbocycles. The molecule has 0 amide bonds. The quantitative estimate of drug-likeness (QED) is 0.877. The molecule has 0 radical (unpaired) electrons. The van der Waals surface area contributed by atoms with E-state index in [1.807, 2.05) is 12.1 Å². The lowest BCUT2D eigenvalue weighted by Crippen LogP contribution is -2.59. The summed E-state index contributed by atoms with van der Waals surface area (Å²) in [4.78, 5) is 2.66. The van der Waals surface area contributed by atoms with Gasteiger partial charge in [-0.25, -0.2) is 0 Å². The molecule has 0 unspecified atom stereocenters. The zero-order valence-electron chi connectivity index (χ0n) is 13.4. The van der Waals surface area contributed by atoms with Crippen molar-refractivity contribution in [3.8, 4) is 5.75 Å². The van der Waals surface area contributed by atoms with Crippen LogP contribution in [0.3, 0.4) is 0 Å².